The maximum atomic E-state index is 12.8. The quantitative estimate of drug-likeness (QED) is 0.692. The Kier molecular flexibility index (Phi) is 5.07. The average Bonchev–Trinajstić information content (AvgIpc) is 3.07. The van der Waals surface area contributed by atoms with Crippen molar-refractivity contribution in [3.8, 4) is 6.07 Å². The number of methoxy groups -OCH3 is 1. The number of para-hydroxylation sites is 2. The van der Waals surface area contributed by atoms with Crippen LogP contribution < -0.4 is 0 Å². The molecule has 1 heterocycles. The first-order valence-electron chi connectivity index (χ1n) is 7.84. The zero-order valence-electron chi connectivity index (χ0n) is 13.8. The molecule has 25 heavy (non-hydrogen) atoms. The lowest BCUT2D eigenvalue weighted by molar-refractivity contribution is 0.0664. The van der Waals surface area contributed by atoms with Gasteiger partial charge in [-0.2, -0.15) is 5.26 Å². The number of rotatable bonds is 6. The van der Waals surface area contributed by atoms with Crippen LogP contribution in [-0.4, -0.2) is 36.1 Å². The summed E-state index contributed by atoms with van der Waals surface area (Å²) in [6.07, 6.45) is 0. The fraction of sp³-hybridized carbons (Fsp3) is 0.211. The lowest BCUT2D eigenvalue weighted by Gasteiger charge is -2.21. The Morgan fingerprint density at radius 3 is 2.88 bits per heavy atom. The van der Waals surface area contributed by atoms with E-state index in [1.165, 1.54) is 0 Å². The summed E-state index contributed by atoms with van der Waals surface area (Å²) in [5.74, 6) is 0.262. The summed E-state index contributed by atoms with van der Waals surface area (Å²) in [7, 11) is 1.58. The summed E-state index contributed by atoms with van der Waals surface area (Å²) in [4.78, 5) is 18.8. The normalized spacial score (nSPS) is 10.6. The Hall–Kier alpha value is -3.17. The van der Waals surface area contributed by atoms with Gasteiger partial charge in [0.05, 0.1) is 24.8 Å². The Labute approximate surface area is 145 Å². The van der Waals surface area contributed by atoms with Gasteiger partial charge in [0, 0.05) is 19.2 Å². The van der Waals surface area contributed by atoms with Crippen LogP contribution in [0.4, 0.5) is 0 Å². The SMILES string of the molecule is COCCN(Cc1nc2ccccc2o1)C(=O)c1cccc(C#N)c1. The van der Waals surface area contributed by atoms with Crippen molar-refractivity contribution in [2.75, 3.05) is 20.3 Å². The highest BCUT2D eigenvalue weighted by molar-refractivity contribution is 5.94. The van der Waals surface area contributed by atoms with E-state index in [0.29, 0.717) is 35.8 Å². The third-order valence-corrected chi connectivity index (χ3v) is 3.76. The Balaban J connectivity index is 1.85. The first-order chi connectivity index (χ1) is 12.2. The van der Waals surface area contributed by atoms with E-state index in [0.717, 1.165) is 5.52 Å². The molecule has 0 bridgehead atoms. The van der Waals surface area contributed by atoms with E-state index in [1.54, 1.807) is 36.3 Å². The van der Waals surface area contributed by atoms with Crippen molar-refractivity contribution in [3.05, 3.63) is 65.5 Å². The Morgan fingerprint density at radius 1 is 1.28 bits per heavy atom. The van der Waals surface area contributed by atoms with Crippen LogP contribution in [0, 0.1) is 11.3 Å². The van der Waals surface area contributed by atoms with E-state index < -0.39 is 0 Å². The molecule has 0 atom stereocenters. The standard InChI is InChI=1S/C19H17N3O3/c1-24-10-9-22(19(23)15-6-4-5-14(11-15)12-20)13-18-21-16-7-2-3-8-17(16)25-18/h2-8,11H,9-10,13H2,1H3. The molecule has 1 amide bonds. The molecule has 0 aliphatic rings. The molecule has 126 valence electrons. The summed E-state index contributed by atoms with van der Waals surface area (Å²) in [5, 5.41) is 9.02. The summed E-state index contributed by atoms with van der Waals surface area (Å²) >= 11 is 0. The molecular weight excluding hydrogens is 318 g/mol. The lowest BCUT2D eigenvalue weighted by Crippen LogP contribution is -2.33. The van der Waals surface area contributed by atoms with Gasteiger partial charge in [-0.3, -0.25) is 4.79 Å². The Morgan fingerprint density at radius 2 is 2.12 bits per heavy atom. The minimum Gasteiger partial charge on any atom is -0.439 e. The van der Waals surface area contributed by atoms with Crippen molar-refractivity contribution >= 4 is 17.0 Å². The van der Waals surface area contributed by atoms with E-state index in [1.807, 2.05) is 30.3 Å². The second-order valence-corrected chi connectivity index (χ2v) is 5.49. The van der Waals surface area contributed by atoms with Gasteiger partial charge >= 0.3 is 0 Å². The molecule has 0 N–H and O–H groups in total. The van der Waals surface area contributed by atoms with Crippen LogP contribution in [0.1, 0.15) is 21.8 Å². The molecule has 0 saturated heterocycles. The fourth-order valence-electron chi connectivity index (χ4n) is 2.51. The molecule has 3 rings (SSSR count). The molecule has 0 unspecified atom stereocenters. The maximum absolute atomic E-state index is 12.8. The summed E-state index contributed by atoms with van der Waals surface area (Å²) < 4.78 is 10.8. The van der Waals surface area contributed by atoms with Crippen molar-refractivity contribution in [1.82, 2.24) is 9.88 Å². The number of carbonyl (C=O) groups excluding carboxylic acids is 1. The predicted octanol–water partition coefficient (Wildman–Crippen LogP) is 2.99. The average molecular weight is 335 g/mol. The minimum atomic E-state index is -0.198. The summed E-state index contributed by atoms with van der Waals surface area (Å²) in [6, 6.07) is 16.1. The maximum Gasteiger partial charge on any atom is 0.254 e. The number of nitriles is 1. The van der Waals surface area contributed by atoms with Crippen LogP contribution in [0.5, 0.6) is 0 Å². The van der Waals surface area contributed by atoms with Gasteiger partial charge in [-0.15, -0.1) is 0 Å². The zero-order chi connectivity index (χ0) is 17.6. The largest absolute Gasteiger partial charge is 0.439 e. The van der Waals surface area contributed by atoms with Crippen LogP contribution in [0.15, 0.2) is 52.9 Å². The van der Waals surface area contributed by atoms with Gasteiger partial charge in [0.25, 0.3) is 5.91 Å². The first-order valence-corrected chi connectivity index (χ1v) is 7.84. The van der Waals surface area contributed by atoms with Crippen molar-refractivity contribution in [2.24, 2.45) is 0 Å². The topological polar surface area (TPSA) is 79.4 Å². The molecule has 0 fully saturated rings. The number of oxazole rings is 1. The molecule has 0 saturated carbocycles. The third-order valence-electron chi connectivity index (χ3n) is 3.76. The van der Waals surface area contributed by atoms with E-state index in [9.17, 15) is 4.79 Å². The predicted molar refractivity (Wildman–Crippen MR) is 91.8 cm³/mol. The molecule has 6 heteroatoms. The van der Waals surface area contributed by atoms with Gasteiger partial charge in [-0.05, 0) is 30.3 Å². The molecule has 3 aromatic rings. The fourth-order valence-corrected chi connectivity index (χ4v) is 2.51. The van der Waals surface area contributed by atoms with Gasteiger partial charge in [0.2, 0.25) is 5.89 Å². The van der Waals surface area contributed by atoms with Crippen molar-refractivity contribution < 1.29 is 13.9 Å². The number of fused-ring (bicyclic) bond motifs is 1. The van der Waals surface area contributed by atoms with Crippen LogP contribution in [-0.2, 0) is 11.3 Å². The van der Waals surface area contributed by atoms with E-state index in [2.05, 4.69) is 4.98 Å². The van der Waals surface area contributed by atoms with E-state index in [-0.39, 0.29) is 12.5 Å². The van der Waals surface area contributed by atoms with Crippen molar-refractivity contribution in [1.29, 1.82) is 5.26 Å². The molecule has 0 aliphatic heterocycles. The molecule has 0 aliphatic carbocycles. The van der Waals surface area contributed by atoms with Crippen molar-refractivity contribution in [3.63, 3.8) is 0 Å². The number of aromatic nitrogens is 1. The number of ether oxygens (including phenoxy) is 1. The Bertz CT molecular complexity index is 894. The van der Waals surface area contributed by atoms with Gasteiger partial charge < -0.3 is 14.1 Å². The van der Waals surface area contributed by atoms with Crippen LogP contribution in [0.2, 0.25) is 0 Å². The smallest absolute Gasteiger partial charge is 0.254 e. The number of amides is 1. The third kappa shape index (κ3) is 3.84. The van der Waals surface area contributed by atoms with E-state index >= 15 is 0 Å². The summed E-state index contributed by atoms with van der Waals surface area (Å²) in [5.41, 5.74) is 2.33. The number of nitrogens with zero attached hydrogens (tertiary/aromatic N) is 3. The lowest BCUT2D eigenvalue weighted by atomic mass is 10.1. The van der Waals surface area contributed by atoms with Gasteiger partial charge in [0.15, 0.2) is 5.58 Å². The van der Waals surface area contributed by atoms with Crippen LogP contribution >= 0.6 is 0 Å². The number of benzene rings is 2. The monoisotopic (exact) mass is 335 g/mol. The summed E-state index contributed by atoms with van der Waals surface area (Å²) in [6.45, 7) is 1.02. The number of hydrogen-bond donors (Lipinski definition) is 0. The first kappa shape index (κ1) is 16.7. The highest BCUT2D eigenvalue weighted by Gasteiger charge is 2.19. The number of hydrogen-bond acceptors (Lipinski definition) is 5. The molecule has 0 radical (unpaired) electrons. The van der Waals surface area contributed by atoms with Crippen molar-refractivity contribution in [2.45, 2.75) is 6.54 Å². The van der Waals surface area contributed by atoms with Gasteiger partial charge in [-0.1, -0.05) is 18.2 Å². The second kappa shape index (κ2) is 7.60. The molecule has 2 aromatic carbocycles. The van der Waals surface area contributed by atoms with Gasteiger partial charge in [0.1, 0.15) is 5.52 Å². The van der Waals surface area contributed by atoms with E-state index in [4.69, 9.17) is 14.4 Å². The number of carbonyl (C=O) groups is 1. The van der Waals surface area contributed by atoms with Crippen LogP contribution in [0.3, 0.4) is 0 Å². The molecule has 0 spiro atoms. The highest BCUT2D eigenvalue weighted by Crippen LogP contribution is 2.17. The molecule has 6 nitrogen and oxygen atoms in total. The van der Waals surface area contributed by atoms with Gasteiger partial charge in [-0.25, -0.2) is 4.98 Å². The minimum absolute atomic E-state index is 0.198. The molecule has 1 aromatic heterocycles. The highest BCUT2D eigenvalue weighted by atomic mass is 16.5. The molecular formula is C19H17N3O3. The second-order valence-electron chi connectivity index (χ2n) is 5.49. The van der Waals surface area contributed by atoms with Crippen LogP contribution in [0.25, 0.3) is 11.1 Å². The zero-order valence-corrected chi connectivity index (χ0v) is 13.8.